The number of halogens is 1. The number of benzene rings is 2. The van der Waals surface area contributed by atoms with Gasteiger partial charge in [-0.3, -0.25) is 10.1 Å². The van der Waals surface area contributed by atoms with E-state index in [1.54, 1.807) is 19.1 Å². The average Bonchev–Trinajstić information content (AvgIpc) is 2.97. The molecule has 0 saturated carbocycles. The molecule has 0 radical (unpaired) electrons. The highest BCUT2D eigenvalue weighted by molar-refractivity contribution is 9.10. The maximum atomic E-state index is 11.0. The minimum atomic E-state index is -0.426. The summed E-state index contributed by atoms with van der Waals surface area (Å²) >= 11 is 3.38. The fraction of sp³-hybridized carbons (Fsp3) is 0.0667. The van der Waals surface area contributed by atoms with Crippen molar-refractivity contribution in [2.45, 2.75) is 6.92 Å². The van der Waals surface area contributed by atoms with Gasteiger partial charge >= 0.3 is 0 Å². The molecule has 1 heterocycles. The highest BCUT2D eigenvalue weighted by Gasteiger charge is 2.16. The van der Waals surface area contributed by atoms with Gasteiger partial charge in [-0.1, -0.05) is 39.3 Å². The largest absolute Gasteiger partial charge is 0.334 e. The molecule has 6 nitrogen and oxygen atoms in total. The van der Waals surface area contributed by atoms with Crippen molar-refractivity contribution >= 4 is 21.6 Å². The third-order valence-electron chi connectivity index (χ3n) is 3.16. The Morgan fingerprint density at radius 1 is 1.18 bits per heavy atom. The lowest BCUT2D eigenvalue weighted by molar-refractivity contribution is -0.385. The standard InChI is InChI=1S/C15H10BrN3O3/c1-9-5-6-11(8-13(9)19(20)21)15-17-14(18-22-15)10-3-2-4-12(16)7-10/h2-8H,1H3. The molecule has 3 rings (SSSR count). The number of rotatable bonds is 3. The van der Waals surface area contributed by atoms with Crippen LogP contribution in [0, 0.1) is 17.0 Å². The lowest BCUT2D eigenvalue weighted by Gasteiger charge is -1.98. The predicted octanol–water partition coefficient (Wildman–Crippen LogP) is 4.38. The van der Waals surface area contributed by atoms with Crippen molar-refractivity contribution in [1.82, 2.24) is 10.1 Å². The normalized spacial score (nSPS) is 10.6. The maximum Gasteiger partial charge on any atom is 0.273 e. The van der Waals surface area contributed by atoms with E-state index in [0.29, 0.717) is 17.0 Å². The van der Waals surface area contributed by atoms with Crippen molar-refractivity contribution in [3.8, 4) is 22.8 Å². The van der Waals surface area contributed by atoms with Gasteiger partial charge in [0.2, 0.25) is 5.82 Å². The van der Waals surface area contributed by atoms with Crippen LogP contribution < -0.4 is 0 Å². The Morgan fingerprint density at radius 3 is 2.73 bits per heavy atom. The minimum absolute atomic E-state index is 0.0275. The lowest BCUT2D eigenvalue weighted by Crippen LogP contribution is -1.92. The van der Waals surface area contributed by atoms with Crippen molar-refractivity contribution < 1.29 is 9.45 Å². The van der Waals surface area contributed by atoms with E-state index in [1.807, 2.05) is 24.3 Å². The van der Waals surface area contributed by atoms with Gasteiger partial charge in [-0.2, -0.15) is 4.98 Å². The summed E-state index contributed by atoms with van der Waals surface area (Å²) in [4.78, 5) is 14.9. The van der Waals surface area contributed by atoms with E-state index in [1.165, 1.54) is 6.07 Å². The number of nitro groups is 1. The van der Waals surface area contributed by atoms with Crippen LogP contribution in [0.25, 0.3) is 22.8 Å². The van der Waals surface area contributed by atoms with Gasteiger partial charge in [0.05, 0.1) is 4.92 Å². The molecule has 0 amide bonds. The molecule has 3 aromatic rings. The van der Waals surface area contributed by atoms with Crippen LogP contribution in [0.4, 0.5) is 5.69 Å². The summed E-state index contributed by atoms with van der Waals surface area (Å²) in [7, 11) is 0. The van der Waals surface area contributed by atoms with E-state index in [2.05, 4.69) is 26.1 Å². The third-order valence-corrected chi connectivity index (χ3v) is 3.65. The van der Waals surface area contributed by atoms with E-state index in [4.69, 9.17) is 4.52 Å². The molecule has 0 aliphatic heterocycles. The molecule has 0 unspecified atom stereocenters. The highest BCUT2D eigenvalue weighted by atomic mass is 79.9. The summed E-state index contributed by atoms with van der Waals surface area (Å²) < 4.78 is 6.13. The first-order valence-corrected chi connectivity index (χ1v) is 7.19. The van der Waals surface area contributed by atoms with Crippen molar-refractivity contribution in [3.05, 3.63) is 62.6 Å². The molecule has 0 bridgehead atoms. The molecular weight excluding hydrogens is 350 g/mol. The molecule has 0 aliphatic rings. The van der Waals surface area contributed by atoms with Crippen LogP contribution in [0.3, 0.4) is 0 Å². The van der Waals surface area contributed by atoms with Crippen molar-refractivity contribution in [2.24, 2.45) is 0 Å². The first-order valence-electron chi connectivity index (χ1n) is 6.39. The molecule has 7 heteroatoms. The Kier molecular flexibility index (Phi) is 3.72. The molecule has 0 N–H and O–H groups in total. The zero-order valence-corrected chi connectivity index (χ0v) is 13.1. The van der Waals surface area contributed by atoms with Gasteiger partial charge in [0.1, 0.15) is 0 Å². The van der Waals surface area contributed by atoms with Gasteiger partial charge in [0, 0.05) is 27.2 Å². The van der Waals surface area contributed by atoms with E-state index in [9.17, 15) is 10.1 Å². The number of aryl methyl sites for hydroxylation is 1. The fourth-order valence-electron chi connectivity index (χ4n) is 2.02. The summed E-state index contributed by atoms with van der Waals surface area (Å²) in [5.74, 6) is 0.678. The minimum Gasteiger partial charge on any atom is -0.334 e. The number of aromatic nitrogens is 2. The van der Waals surface area contributed by atoms with Gasteiger partial charge in [-0.05, 0) is 25.1 Å². The van der Waals surface area contributed by atoms with E-state index >= 15 is 0 Å². The molecule has 0 aliphatic carbocycles. The first kappa shape index (κ1) is 14.4. The zero-order valence-electron chi connectivity index (χ0n) is 11.5. The summed E-state index contributed by atoms with van der Waals surface area (Å²) in [5, 5.41) is 14.9. The number of nitrogens with zero attached hydrogens (tertiary/aromatic N) is 3. The lowest BCUT2D eigenvalue weighted by atomic mass is 10.1. The molecule has 1 aromatic heterocycles. The topological polar surface area (TPSA) is 82.1 Å². The van der Waals surface area contributed by atoms with Crippen LogP contribution in [0.2, 0.25) is 0 Å². The molecule has 22 heavy (non-hydrogen) atoms. The average molecular weight is 360 g/mol. The summed E-state index contributed by atoms with van der Waals surface area (Å²) in [6.45, 7) is 1.68. The quantitative estimate of drug-likeness (QED) is 0.511. The summed E-state index contributed by atoms with van der Waals surface area (Å²) in [6.07, 6.45) is 0. The second-order valence-corrected chi connectivity index (χ2v) is 5.61. The van der Waals surface area contributed by atoms with Crippen molar-refractivity contribution in [3.63, 3.8) is 0 Å². The maximum absolute atomic E-state index is 11.0. The van der Waals surface area contributed by atoms with Crippen LogP contribution in [0.1, 0.15) is 5.56 Å². The Hall–Kier alpha value is -2.54. The van der Waals surface area contributed by atoms with Gasteiger partial charge in [0.25, 0.3) is 11.6 Å². The van der Waals surface area contributed by atoms with Crippen LogP contribution in [0.15, 0.2) is 51.5 Å². The molecule has 0 atom stereocenters. The second-order valence-electron chi connectivity index (χ2n) is 4.69. The number of hydrogen-bond acceptors (Lipinski definition) is 5. The summed E-state index contributed by atoms with van der Waals surface area (Å²) in [6, 6.07) is 12.3. The fourth-order valence-corrected chi connectivity index (χ4v) is 2.42. The molecular formula is C15H10BrN3O3. The van der Waals surface area contributed by atoms with Crippen molar-refractivity contribution in [2.75, 3.05) is 0 Å². The van der Waals surface area contributed by atoms with E-state index in [-0.39, 0.29) is 11.6 Å². The first-order chi connectivity index (χ1) is 10.5. The Bertz CT molecular complexity index is 861. The molecule has 0 fully saturated rings. The Morgan fingerprint density at radius 2 is 2.00 bits per heavy atom. The van der Waals surface area contributed by atoms with Crippen LogP contribution in [-0.2, 0) is 0 Å². The van der Waals surface area contributed by atoms with Gasteiger partial charge in [-0.15, -0.1) is 0 Å². The molecule has 2 aromatic carbocycles. The van der Waals surface area contributed by atoms with Gasteiger partial charge in [0.15, 0.2) is 0 Å². The van der Waals surface area contributed by atoms with E-state index < -0.39 is 4.92 Å². The van der Waals surface area contributed by atoms with Crippen LogP contribution in [-0.4, -0.2) is 15.1 Å². The van der Waals surface area contributed by atoms with Gasteiger partial charge < -0.3 is 4.52 Å². The monoisotopic (exact) mass is 359 g/mol. The SMILES string of the molecule is Cc1ccc(-c2nc(-c3cccc(Br)c3)no2)cc1[N+](=O)[O-]. The molecule has 0 spiro atoms. The Balaban J connectivity index is 2.01. The van der Waals surface area contributed by atoms with Gasteiger partial charge in [-0.25, -0.2) is 0 Å². The smallest absolute Gasteiger partial charge is 0.273 e. The zero-order chi connectivity index (χ0) is 15.7. The van der Waals surface area contributed by atoms with Crippen LogP contribution >= 0.6 is 15.9 Å². The number of nitro benzene ring substituents is 1. The number of hydrogen-bond donors (Lipinski definition) is 0. The van der Waals surface area contributed by atoms with Crippen molar-refractivity contribution in [1.29, 1.82) is 0 Å². The van der Waals surface area contributed by atoms with E-state index in [0.717, 1.165) is 10.0 Å². The Labute approximate surface area is 134 Å². The molecule has 110 valence electrons. The molecule has 0 saturated heterocycles. The highest BCUT2D eigenvalue weighted by Crippen LogP contribution is 2.28. The summed E-state index contributed by atoms with van der Waals surface area (Å²) in [5.41, 5.74) is 1.93. The van der Waals surface area contributed by atoms with Crippen LogP contribution in [0.5, 0.6) is 0 Å². The predicted molar refractivity (Wildman–Crippen MR) is 84.3 cm³/mol. The third kappa shape index (κ3) is 2.75. The second kappa shape index (κ2) is 5.69.